The topological polar surface area (TPSA) is 66.4 Å². The number of aliphatic carboxylic acids is 1. The second-order valence-electron chi connectivity index (χ2n) is 4.20. The van der Waals surface area contributed by atoms with Crippen molar-refractivity contribution in [2.45, 2.75) is 44.6 Å². The Bertz CT molecular complexity index is 264. The van der Waals surface area contributed by atoms with Crippen molar-refractivity contribution in [1.82, 2.24) is 5.32 Å². The minimum Gasteiger partial charge on any atom is -0.481 e. The quantitative estimate of drug-likeness (QED) is 0.669. The average molecular weight is 245 g/mol. The molecular weight excluding hydrogens is 226 g/mol. The second kappa shape index (κ2) is 6.13. The molecule has 2 N–H and O–H groups in total. The summed E-state index contributed by atoms with van der Waals surface area (Å²) in [5, 5.41) is 11.7. The normalized spacial score (nSPS) is 17.6. The van der Waals surface area contributed by atoms with Crippen LogP contribution in [-0.4, -0.2) is 34.0 Å². The molecule has 0 radical (unpaired) electrons. The van der Waals surface area contributed by atoms with Gasteiger partial charge in [0.1, 0.15) is 0 Å². The molecule has 0 saturated heterocycles. The predicted octanol–water partition coefficient (Wildman–Crippen LogP) is 1.64. The monoisotopic (exact) mass is 245 g/mol. The Hall–Kier alpha value is -0.710. The summed E-state index contributed by atoms with van der Waals surface area (Å²) in [5.74, 6) is 0.976. The van der Waals surface area contributed by atoms with E-state index in [1.807, 2.05) is 0 Å². The van der Waals surface area contributed by atoms with Crippen molar-refractivity contribution in [3.63, 3.8) is 0 Å². The van der Waals surface area contributed by atoms with Gasteiger partial charge >= 0.3 is 5.97 Å². The highest BCUT2D eigenvalue weighted by atomic mass is 32.2. The molecule has 16 heavy (non-hydrogen) atoms. The first-order chi connectivity index (χ1) is 7.58. The fourth-order valence-corrected chi connectivity index (χ4v) is 2.52. The third-order valence-corrected chi connectivity index (χ3v) is 3.78. The third-order valence-electron chi connectivity index (χ3n) is 2.88. The third kappa shape index (κ3) is 4.04. The lowest BCUT2D eigenvalue weighted by molar-refractivity contribution is -0.140. The molecule has 0 atom stereocenters. The van der Waals surface area contributed by atoms with E-state index in [4.69, 9.17) is 5.11 Å². The molecule has 4 nitrogen and oxygen atoms in total. The zero-order valence-electron chi connectivity index (χ0n) is 9.62. The number of thioether (sulfide) groups is 1. The first-order valence-corrected chi connectivity index (χ1v) is 6.84. The number of carboxylic acid groups (broad SMARTS) is 1. The number of amides is 1. The van der Waals surface area contributed by atoms with E-state index in [2.05, 4.69) is 12.2 Å². The Morgan fingerprint density at radius 1 is 1.44 bits per heavy atom. The lowest BCUT2D eigenvalue weighted by Gasteiger charge is -2.41. The van der Waals surface area contributed by atoms with Crippen LogP contribution < -0.4 is 5.32 Å². The van der Waals surface area contributed by atoms with Crippen molar-refractivity contribution in [2.75, 3.05) is 11.5 Å². The van der Waals surface area contributed by atoms with Gasteiger partial charge < -0.3 is 10.4 Å². The van der Waals surface area contributed by atoms with Gasteiger partial charge in [0.25, 0.3) is 0 Å². The van der Waals surface area contributed by atoms with E-state index in [9.17, 15) is 9.59 Å². The van der Waals surface area contributed by atoms with E-state index >= 15 is 0 Å². The number of hydrogen-bond acceptors (Lipinski definition) is 3. The maximum Gasteiger partial charge on any atom is 0.305 e. The molecule has 5 heteroatoms. The molecule has 1 rings (SSSR count). The van der Waals surface area contributed by atoms with Crippen LogP contribution in [0.15, 0.2) is 0 Å². The van der Waals surface area contributed by atoms with Crippen molar-refractivity contribution < 1.29 is 14.7 Å². The molecule has 0 unspecified atom stereocenters. The molecule has 1 aliphatic carbocycles. The van der Waals surface area contributed by atoms with Gasteiger partial charge in [-0.1, -0.05) is 6.92 Å². The smallest absolute Gasteiger partial charge is 0.305 e. The molecule has 0 heterocycles. The Balaban J connectivity index is 2.32. The zero-order chi connectivity index (χ0) is 12.0. The van der Waals surface area contributed by atoms with Gasteiger partial charge in [-0.05, 0) is 25.0 Å². The first kappa shape index (κ1) is 13.4. The van der Waals surface area contributed by atoms with Crippen LogP contribution in [0.1, 0.15) is 39.0 Å². The lowest BCUT2D eigenvalue weighted by Crippen LogP contribution is -2.54. The summed E-state index contributed by atoms with van der Waals surface area (Å²) >= 11 is 1.72. The van der Waals surface area contributed by atoms with E-state index in [0.717, 1.165) is 30.8 Å². The number of hydrogen-bond donors (Lipinski definition) is 2. The molecule has 0 aliphatic heterocycles. The van der Waals surface area contributed by atoms with Crippen molar-refractivity contribution in [3.8, 4) is 0 Å². The number of rotatable bonds is 7. The Kier molecular flexibility index (Phi) is 5.12. The molecule has 0 bridgehead atoms. The summed E-state index contributed by atoms with van der Waals surface area (Å²) < 4.78 is 0. The van der Waals surface area contributed by atoms with Crippen molar-refractivity contribution in [2.24, 2.45) is 0 Å². The van der Waals surface area contributed by atoms with Gasteiger partial charge in [0.15, 0.2) is 0 Å². The van der Waals surface area contributed by atoms with E-state index in [1.54, 1.807) is 11.8 Å². The zero-order valence-corrected chi connectivity index (χ0v) is 10.4. The van der Waals surface area contributed by atoms with Gasteiger partial charge in [0.05, 0.1) is 12.0 Å². The Morgan fingerprint density at radius 3 is 2.56 bits per heavy atom. The summed E-state index contributed by atoms with van der Waals surface area (Å²) in [4.78, 5) is 22.3. The van der Waals surface area contributed by atoms with Crippen LogP contribution in [0.4, 0.5) is 0 Å². The summed E-state index contributed by atoms with van der Waals surface area (Å²) in [6, 6.07) is 0. The van der Waals surface area contributed by atoms with Crippen LogP contribution in [0.25, 0.3) is 0 Å². The molecule has 0 aromatic carbocycles. The highest BCUT2D eigenvalue weighted by molar-refractivity contribution is 7.99. The van der Waals surface area contributed by atoms with Crippen LogP contribution in [0.2, 0.25) is 0 Å². The standard InChI is InChI=1S/C11H19NO3S/c1-2-16-7-4-9(13)12-11(5-3-6-11)8-10(14)15/h2-8H2,1H3,(H,12,13)(H,14,15). The molecule has 0 aromatic rings. The minimum absolute atomic E-state index is 0.0121. The van der Waals surface area contributed by atoms with Crippen LogP contribution in [-0.2, 0) is 9.59 Å². The van der Waals surface area contributed by atoms with E-state index in [0.29, 0.717) is 6.42 Å². The summed E-state index contributed by atoms with van der Waals surface area (Å²) in [6.07, 6.45) is 3.15. The average Bonchev–Trinajstić information content (AvgIpc) is 2.14. The van der Waals surface area contributed by atoms with Gasteiger partial charge in [0, 0.05) is 12.2 Å². The maximum absolute atomic E-state index is 11.6. The van der Waals surface area contributed by atoms with Gasteiger partial charge in [-0.2, -0.15) is 11.8 Å². The Morgan fingerprint density at radius 2 is 2.12 bits per heavy atom. The van der Waals surface area contributed by atoms with E-state index < -0.39 is 11.5 Å². The number of carbonyl (C=O) groups excluding carboxylic acids is 1. The molecule has 1 amide bonds. The number of nitrogens with one attached hydrogen (secondary N) is 1. The molecule has 1 saturated carbocycles. The van der Waals surface area contributed by atoms with E-state index in [-0.39, 0.29) is 12.3 Å². The van der Waals surface area contributed by atoms with E-state index in [1.165, 1.54) is 0 Å². The van der Waals surface area contributed by atoms with Crippen molar-refractivity contribution >= 4 is 23.6 Å². The molecule has 1 fully saturated rings. The number of carbonyl (C=O) groups is 2. The maximum atomic E-state index is 11.6. The molecule has 92 valence electrons. The SMILES string of the molecule is CCSCCC(=O)NC1(CC(=O)O)CCC1. The first-order valence-electron chi connectivity index (χ1n) is 5.68. The lowest BCUT2D eigenvalue weighted by atomic mass is 9.74. The fourth-order valence-electron chi connectivity index (χ4n) is 1.91. The summed E-state index contributed by atoms with van der Waals surface area (Å²) in [6.45, 7) is 2.06. The van der Waals surface area contributed by atoms with Gasteiger partial charge in [-0.15, -0.1) is 0 Å². The Labute approximate surface area is 100 Å². The van der Waals surface area contributed by atoms with Gasteiger partial charge in [0.2, 0.25) is 5.91 Å². The van der Waals surface area contributed by atoms with Crippen LogP contribution in [0, 0.1) is 0 Å². The van der Waals surface area contributed by atoms with Crippen molar-refractivity contribution in [1.29, 1.82) is 0 Å². The van der Waals surface area contributed by atoms with Gasteiger partial charge in [-0.25, -0.2) is 0 Å². The molecule has 0 spiro atoms. The molecular formula is C11H19NO3S. The van der Waals surface area contributed by atoms with Gasteiger partial charge in [-0.3, -0.25) is 9.59 Å². The highest BCUT2D eigenvalue weighted by Crippen LogP contribution is 2.34. The fraction of sp³-hybridized carbons (Fsp3) is 0.818. The minimum atomic E-state index is -0.831. The number of carboxylic acids is 1. The largest absolute Gasteiger partial charge is 0.481 e. The van der Waals surface area contributed by atoms with Crippen LogP contribution in [0.5, 0.6) is 0 Å². The van der Waals surface area contributed by atoms with Crippen LogP contribution >= 0.6 is 11.8 Å². The molecule has 0 aromatic heterocycles. The second-order valence-corrected chi connectivity index (χ2v) is 5.59. The summed E-state index contributed by atoms with van der Waals surface area (Å²) in [5.41, 5.74) is -0.445. The summed E-state index contributed by atoms with van der Waals surface area (Å²) in [7, 11) is 0. The molecule has 1 aliphatic rings. The highest BCUT2D eigenvalue weighted by Gasteiger charge is 2.40. The predicted molar refractivity (Wildman–Crippen MR) is 64.6 cm³/mol. The van der Waals surface area contributed by atoms with Crippen LogP contribution in [0.3, 0.4) is 0 Å². The van der Waals surface area contributed by atoms with Crippen molar-refractivity contribution in [3.05, 3.63) is 0 Å².